The van der Waals surface area contributed by atoms with Crippen molar-refractivity contribution in [3.8, 4) is 0 Å². The van der Waals surface area contributed by atoms with Gasteiger partial charge in [-0.05, 0) is 37.8 Å². The van der Waals surface area contributed by atoms with Crippen molar-refractivity contribution in [2.24, 2.45) is 0 Å². The van der Waals surface area contributed by atoms with Crippen LogP contribution in [-0.4, -0.2) is 44.2 Å². The molecule has 1 fully saturated rings. The molecule has 154 valence electrons. The van der Waals surface area contributed by atoms with Crippen molar-refractivity contribution < 1.29 is 18.1 Å². The summed E-state index contributed by atoms with van der Waals surface area (Å²) < 4.78 is 32.4. The Morgan fingerprint density at radius 2 is 2.14 bits per heavy atom. The molecule has 4 heterocycles. The van der Waals surface area contributed by atoms with Gasteiger partial charge in [-0.2, -0.15) is 5.10 Å². The van der Waals surface area contributed by atoms with Crippen LogP contribution in [-0.2, 0) is 0 Å². The first-order valence-electron chi connectivity index (χ1n) is 9.74. The number of nitrogens with one attached hydrogen (secondary N) is 1. The minimum absolute atomic E-state index is 0.118. The molecule has 4 rings (SSSR count). The number of aryl methyl sites for hydroxylation is 1. The molecule has 0 radical (unpaired) electrons. The number of fused-ring (bicyclic) bond motifs is 1. The van der Waals surface area contributed by atoms with Crippen LogP contribution in [0.1, 0.15) is 78.1 Å². The zero-order valence-corrected chi connectivity index (χ0v) is 16.6. The number of aromatic nitrogens is 4. The van der Waals surface area contributed by atoms with Crippen molar-refractivity contribution in [1.29, 1.82) is 0 Å². The summed E-state index contributed by atoms with van der Waals surface area (Å²) >= 11 is 0. The van der Waals surface area contributed by atoms with Crippen LogP contribution in [0.4, 0.5) is 8.78 Å². The van der Waals surface area contributed by atoms with E-state index in [9.17, 15) is 13.6 Å². The second kappa shape index (κ2) is 7.53. The van der Waals surface area contributed by atoms with Crippen molar-refractivity contribution in [3.63, 3.8) is 0 Å². The summed E-state index contributed by atoms with van der Waals surface area (Å²) in [7, 11) is 0. The normalized spacial score (nSPS) is 17.6. The van der Waals surface area contributed by atoms with Crippen LogP contribution < -0.4 is 0 Å². The molecule has 0 aromatic carbocycles. The van der Waals surface area contributed by atoms with Gasteiger partial charge in [-0.25, -0.2) is 13.8 Å². The van der Waals surface area contributed by atoms with Crippen LogP contribution in [0, 0.1) is 6.92 Å². The predicted octanol–water partition coefficient (Wildman–Crippen LogP) is 4.34. The fourth-order valence-electron chi connectivity index (χ4n) is 3.84. The number of nitrogens with zero attached hydrogens (tertiary/aromatic N) is 4. The first-order chi connectivity index (χ1) is 13.8. The summed E-state index contributed by atoms with van der Waals surface area (Å²) in [5, 5.41) is 11.1. The second-order valence-electron chi connectivity index (χ2n) is 7.84. The minimum Gasteiger partial charge on any atom is -0.337 e. The average Bonchev–Trinajstić information content (AvgIpc) is 3.34. The number of halogens is 2. The molecule has 1 saturated heterocycles. The molecule has 3 aromatic rings. The van der Waals surface area contributed by atoms with E-state index >= 15 is 0 Å². The number of pyridine rings is 1. The van der Waals surface area contributed by atoms with Gasteiger partial charge in [0.2, 0.25) is 0 Å². The van der Waals surface area contributed by atoms with Gasteiger partial charge in [0, 0.05) is 36.0 Å². The van der Waals surface area contributed by atoms with Gasteiger partial charge in [0.25, 0.3) is 18.0 Å². The molecule has 0 aliphatic carbocycles. The molecule has 1 amide bonds. The van der Waals surface area contributed by atoms with Crippen LogP contribution in [0.25, 0.3) is 11.1 Å². The number of likely N-dealkylation sites (tertiary alicyclic amines) is 1. The molecule has 0 saturated carbocycles. The number of carbonyl (C=O) groups excluding carboxylic acids is 1. The third kappa shape index (κ3) is 3.61. The molecule has 0 unspecified atom stereocenters. The maximum atomic E-state index is 13.6. The molecule has 3 aromatic heterocycles. The van der Waals surface area contributed by atoms with Crippen LogP contribution in [0.2, 0.25) is 0 Å². The summed E-state index contributed by atoms with van der Waals surface area (Å²) in [5.41, 5.74) is 2.17. The Morgan fingerprint density at radius 3 is 2.83 bits per heavy atom. The van der Waals surface area contributed by atoms with Gasteiger partial charge in [0.15, 0.2) is 0 Å². The lowest BCUT2D eigenvalue weighted by atomic mass is 9.92. The number of carbonyl (C=O) groups is 1. The Bertz CT molecular complexity index is 1040. The Labute approximate surface area is 166 Å². The summed E-state index contributed by atoms with van der Waals surface area (Å²) in [5.74, 6) is -0.0701. The van der Waals surface area contributed by atoms with Gasteiger partial charge in [0.1, 0.15) is 5.69 Å². The van der Waals surface area contributed by atoms with E-state index in [2.05, 4.69) is 20.3 Å². The van der Waals surface area contributed by atoms with Crippen LogP contribution >= 0.6 is 0 Å². The monoisotopic (exact) mass is 403 g/mol. The lowest BCUT2D eigenvalue weighted by molar-refractivity contribution is 0.0699. The summed E-state index contributed by atoms with van der Waals surface area (Å²) in [4.78, 5) is 19.0. The third-order valence-electron chi connectivity index (χ3n) is 5.47. The maximum Gasteiger partial charge on any atom is 0.274 e. The molecule has 1 N–H and O–H groups in total. The molecule has 29 heavy (non-hydrogen) atoms. The number of amides is 1. The van der Waals surface area contributed by atoms with Crippen molar-refractivity contribution in [2.75, 3.05) is 13.1 Å². The first-order valence-corrected chi connectivity index (χ1v) is 9.74. The van der Waals surface area contributed by atoms with E-state index in [1.807, 2.05) is 13.8 Å². The maximum absolute atomic E-state index is 13.6. The van der Waals surface area contributed by atoms with Crippen molar-refractivity contribution >= 4 is 17.0 Å². The highest BCUT2D eigenvalue weighted by Gasteiger charge is 2.30. The second-order valence-corrected chi connectivity index (χ2v) is 7.84. The number of alkyl halides is 2. The number of hydrogen-bond acceptors (Lipinski definition) is 5. The highest BCUT2D eigenvalue weighted by Crippen LogP contribution is 2.34. The summed E-state index contributed by atoms with van der Waals surface area (Å²) in [6, 6.07) is 3.20. The fraction of sp³-hybridized carbons (Fsp3) is 0.500. The number of H-pyrrole nitrogens is 1. The zero-order chi connectivity index (χ0) is 20.7. The number of piperidine rings is 1. The number of rotatable bonds is 4. The van der Waals surface area contributed by atoms with E-state index in [1.165, 1.54) is 6.07 Å². The largest absolute Gasteiger partial charge is 0.337 e. The smallest absolute Gasteiger partial charge is 0.274 e. The highest BCUT2D eigenvalue weighted by molar-refractivity contribution is 5.92. The molecule has 0 spiro atoms. The van der Waals surface area contributed by atoms with Crippen molar-refractivity contribution in [3.05, 3.63) is 40.5 Å². The van der Waals surface area contributed by atoms with E-state index in [0.29, 0.717) is 30.2 Å². The molecule has 1 aliphatic heterocycles. The molecular formula is C20H23F2N5O2. The summed E-state index contributed by atoms with van der Waals surface area (Å²) in [6.07, 6.45) is -1.13. The lowest BCUT2D eigenvalue weighted by Crippen LogP contribution is -2.39. The van der Waals surface area contributed by atoms with Crippen LogP contribution in [0.5, 0.6) is 0 Å². The molecule has 7 nitrogen and oxygen atoms in total. The summed E-state index contributed by atoms with van der Waals surface area (Å²) in [6.45, 7) is 6.66. The van der Waals surface area contributed by atoms with Crippen molar-refractivity contribution in [1.82, 2.24) is 25.2 Å². The van der Waals surface area contributed by atoms with E-state index in [0.717, 1.165) is 18.5 Å². The molecular weight excluding hydrogens is 380 g/mol. The first kappa shape index (κ1) is 19.5. The zero-order valence-electron chi connectivity index (χ0n) is 16.6. The van der Waals surface area contributed by atoms with Gasteiger partial charge < -0.3 is 9.42 Å². The topological polar surface area (TPSA) is 87.9 Å². The average molecular weight is 403 g/mol. The Balaban J connectivity index is 1.60. The van der Waals surface area contributed by atoms with E-state index in [4.69, 9.17) is 4.52 Å². The third-order valence-corrected chi connectivity index (χ3v) is 5.47. The van der Waals surface area contributed by atoms with E-state index in [-0.39, 0.29) is 34.4 Å². The van der Waals surface area contributed by atoms with Gasteiger partial charge in [-0.3, -0.25) is 9.89 Å². The van der Waals surface area contributed by atoms with Gasteiger partial charge in [0.05, 0.1) is 11.1 Å². The van der Waals surface area contributed by atoms with Crippen LogP contribution in [0.15, 0.2) is 16.7 Å². The highest BCUT2D eigenvalue weighted by atomic mass is 19.3. The Kier molecular flexibility index (Phi) is 5.06. The molecule has 1 atom stereocenters. The fourth-order valence-corrected chi connectivity index (χ4v) is 3.84. The predicted molar refractivity (Wildman–Crippen MR) is 102 cm³/mol. The molecule has 0 bridgehead atoms. The molecule has 9 heteroatoms. The van der Waals surface area contributed by atoms with Gasteiger partial charge in [-0.1, -0.05) is 19.0 Å². The van der Waals surface area contributed by atoms with E-state index in [1.54, 1.807) is 17.9 Å². The van der Waals surface area contributed by atoms with E-state index < -0.39 is 6.43 Å². The Morgan fingerprint density at radius 1 is 1.34 bits per heavy atom. The van der Waals surface area contributed by atoms with Gasteiger partial charge >= 0.3 is 0 Å². The quantitative estimate of drug-likeness (QED) is 0.700. The number of aromatic amines is 1. The Hall–Kier alpha value is -2.84. The molecule has 1 aliphatic rings. The van der Waals surface area contributed by atoms with Crippen LogP contribution in [0.3, 0.4) is 0 Å². The SMILES string of the molecule is Cc1noc2nc([C@@H]3CCCN(C(=O)c4cc(C(C)C)[nH]n4)C3)cc(C(F)F)c12. The standard InChI is InChI=1S/C20H23F2N5O2/c1-10(2)14-8-16(25-24-14)20(28)27-6-4-5-12(9-27)15-7-13(18(21)22)17-11(3)26-29-19(17)23-15/h7-8,10,12,18H,4-6,9H2,1-3H3,(H,24,25)/t12-/m1/s1. The minimum atomic E-state index is -2.66. The number of hydrogen-bond donors (Lipinski definition) is 1. The van der Waals surface area contributed by atoms with Gasteiger partial charge in [-0.15, -0.1) is 0 Å². The lowest BCUT2D eigenvalue weighted by Gasteiger charge is -2.32. The van der Waals surface area contributed by atoms with Crippen molar-refractivity contribution in [2.45, 2.75) is 51.9 Å².